The Bertz CT molecular complexity index is 564. The van der Waals surface area contributed by atoms with Crippen LogP contribution in [0.3, 0.4) is 0 Å². The molecule has 4 nitrogen and oxygen atoms in total. The van der Waals surface area contributed by atoms with Crippen LogP contribution in [-0.4, -0.2) is 14.8 Å². The highest BCUT2D eigenvalue weighted by Gasteiger charge is 2.08. The number of nitrogens with two attached hydrogens (primary N) is 1. The van der Waals surface area contributed by atoms with Crippen LogP contribution in [0.5, 0.6) is 0 Å². The Morgan fingerprint density at radius 3 is 2.82 bits per heavy atom. The Balaban J connectivity index is 2.35. The van der Waals surface area contributed by atoms with Gasteiger partial charge in [0.1, 0.15) is 10.8 Å². The number of hydrogen-bond acceptors (Lipinski definition) is 3. The Kier molecular flexibility index (Phi) is 3.06. The lowest BCUT2D eigenvalue weighted by Gasteiger charge is -2.09. The minimum Gasteiger partial charge on any atom is -0.389 e. The molecule has 1 heterocycles. The molecule has 0 aliphatic rings. The van der Waals surface area contributed by atoms with Crippen molar-refractivity contribution in [1.82, 2.24) is 9.78 Å². The van der Waals surface area contributed by atoms with E-state index in [-0.39, 0.29) is 10.8 Å². The van der Waals surface area contributed by atoms with E-state index in [1.54, 1.807) is 23.0 Å². The first-order valence-corrected chi connectivity index (χ1v) is 5.33. The summed E-state index contributed by atoms with van der Waals surface area (Å²) in [7, 11) is 1.81. The van der Waals surface area contributed by atoms with Gasteiger partial charge in [0.15, 0.2) is 5.82 Å². The van der Waals surface area contributed by atoms with Gasteiger partial charge in [-0.05, 0) is 18.2 Å². The van der Waals surface area contributed by atoms with Gasteiger partial charge in [0.25, 0.3) is 0 Å². The fraction of sp³-hybridized carbons (Fsp3) is 0.0909. The van der Waals surface area contributed by atoms with E-state index < -0.39 is 0 Å². The van der Waals surface area contributed by atoms with Crippen molar-refractivity contribution in [3.8, 4) is 0 Å². The van der Waals surface area contributed by atoms with E-state index in [2.05, 4.69) is 10.4 Å². The summed E-state index contributed by atoms with van der Waals surface area (Å²) < 4.78 is 14.7. The van der Waals surface area contributed by atoms with Crippen LogP contribution in [0.15, 0.2) is 30.5 Å². The molecule has 0 amide bonds. The van der Waals surface area contributed by atoms with E-state index in [1.165, 1.54) is 12.1 Å². The van der Waals surface area contributed by atoms with E-state index in [4.69, 9.17) is 18.0 Å². The van der Waals surface area contributed by atoms with Crippen LogP contribution >= 0.6 is 12.2 Å². The van der Waals surface area contributed by atoms with Gasteiger partial charge in [0.2, 0.25) is 0 Å². The van der Waals surface area contributed by atoms with Crippen LogP contribution in [0, 0.1) is 5.82 Å². The number of nitrogens with one attached hydrogen (secondary N) is 1. The number of aromatic nitrogens is 2. The maximum Gasteiger partial charge on any atom is 0.152 e. The second kappa shape index (κ2) is 4.50. The molecule has 17 heavy (non-hydrogen) atoms. The van der Waals surface area contributed by atoms with Gasteiger partial charge >= 0.3 is 0 Å². The summed E-state index contributed by atoms with van der Waals surface area (Å²) in [6.45, 7) is 0. The predicted molar refractivity (Wildman–Crippen MR) is 68.8 cm³/mol. The minimum absolute atomic E-state index is 0.142. The normalized spacial score (nSPS) is 10.2. The van der Waals surface area contributed by atoms with Gasteiger partial charge in [-0.25, -0.2) is 4.39 Å². The molecule has 88 valence electrons. The highest BCUT2D eigenvalue weighted by atomic mass is 32.1. The zero-order valence-electron chi connectivity index (χ0n) is 9.14. The molecule has 0 saturated heterocycles. The van der Waals surface area contributed by atoms with E-state index in [0.29, 0.717) is 17.1 Å². The molecule has 0 radical (unpaired) electrons. The third-order valence-electron chi connectivity index (χ3n) is 2.22. The summed E-state index contributed by atoms with van der Waals surface area (Å²) in [6, 6.07) is 6.02. The number of aryl methyl sites for hydroxylation is 1. The smallest absolute Gasteiger partial charge is 0.152 e. The fourth-order valence-corrected chi connectivity index (χ4v) is 1.62. The molecule has 0 aliphatic carbocycles. The van der Waals surface area contributed by atoms with Crippen molar-refractivity contribution in [2.24, 2.45) is 12.8 Å². The molecule has 0 saturated carbocycles. The number of nitrogens with zero attached hydrogens (tertiary/aromatic N) is 2. The third-order valence-corrected chi connectivity index (χ3v) is 2.44. The summed E-state index contributed by atoms with van der Waals surface area (Å²) in [5.41, 5.74) is 6.64. The van der Waals surface area contributed by atoms with Crippen molar-refractivity contribution in [3.63, 3.8) is 0 Å². The molecule has 1 aromatic carbocycles. The van der Waals surface area contributed by atoms with Gasteiger partial charge in [0.05, 0.1) is 5.69 Å². The highest BCUT2D eigenvalue weighted by molar-refractivity contribution is 7.80. The predicted octanol–water partition coefficient (Wildman–Crippen LogP) is 1.94. The first kappa shape index (κ1) is 11.5. The largest absolute Gasteiger partial charge is 0.389 e. The fourth-order valence-electron chi connectivity index (χ4n) is 1.45. The molecule has 0 aliphatic heterocycles. The lowest BCUT2D eigenvalue weighted by molar-refractivity contribution is 0.628. The molecule has 0 spiro atoms. The second-order valence-corrected chi connectivity index (χ2v) is 3.99. The lowest BCUT2D eigenvalue weighted by Crippen LogP contribution is -2.12. The molecule has 0 fully saturated rings. The Labute approximate surface area is 103 Å². The summed E-state index contributed by atoms with van der Waals surface area (Å²) in [6.07, 6.45) is 1.80. The van der Waals surface area contributed by atoms with Crippen LogP contribution in [0.4, 0.5) is 15.9 Å². The maximum atomic E-state index is 13.1. The van der Waals surface area contributed by atoms with Crippen molar-refractivity contribution in [2.45, 2.75) is 0 Å². The number of benzene rings is 1. The van der Waals surface area contributed by atoms with Gasteiger partial charge in [-0.1, -0.05) is 12.2 Å². The zero-order valence-corrected chi connectivity index (χ0v) is 9.96. The number of anilines is 2. The summed E-state index contributed by atoms with van der Waals surface area (Å²) in [4.78, 5) is 0.142. The van der Waals surface area contributed by atoms with Crippen LogP contribution in [0.2, 0.25) is 0 Å². The molecule has 6 heteroatoms. The topological polar surface area (TPSA) is 55.9 Å². The number of hydrogen-bond donors (Lipinski definition) is 2. The Morgan fingerprint density at radius 2 is 2.24 bits per heavy atom. The SMILES string of the molecule is Cn1ccc(Nc2ccc(F)cc2C(N)=S)n1. The van der Waals surface area contributed by atoms with Gasteiger partial charge in [0, 0.05) is 24.9 Å². The average molecular weight is 250 g/mol. The van der Waals surface area contributed by atoms with Crippen molar-refractivity contribution in [1.29, 1.82) is 0 Å². The van der Waals surface area contributed by atoms with Crippen molar-refractivity contribution >= 4 is 28.7 Å². The quantitative estimate of drug-likeness (QED) is 0.817. The van der Waals surface area contributed by atoms with Gasteiger partial charge < -0.3 is 11.1 Å². The second-order valence-electron chi connectivity index (χ2n) is 3.55. The van der Waals surface area contributed by atoms with E-state index in [9.17, 15) is 4.39 Å². The number of rotatable bonds is 3. The minimum atomic E-state index is -0.376. The highest BCUT2D eigenvalue weighted by Crippen LogP contribution is 2.20. The molecule has 2 aromatic rings. The summed E-state index contributed by atoms with van der Waals surface area (Å²) in [5.74, 6) is 0.274. The van der Waals surface area contributed by atoms with Crippen LogP contribution in [-0.2, 0) is 7.05 Å². The molecule has 3 N–H and O–H groups in total. The zero-order chi connectivity index (χ0) is 12.4. The Morgan fingerprint density at radius 1 is 1.47 bits per heavy atom. The average Bonchev–Trinajstić information content (AvgIpc) is 2.66. The standard InChI is InChI=1S/C11H11FN4S/c1-16-5-4-10(15-16)14-9-3-2-7(12)6-8(9)11(13)17/h2-6H,1H3,(H2,13,17)(H,14,15). The first-order valence-electron chi connectivity index (χ1n) is 4.92. The van der Waals surface area contributed by atoms with E-state index >= 15 is 0 Å². The van der Waals surface area contributed by atoms with Crippen LogP contribution in [0.25, 0.3) is 0 Å². The van der Waals surface area contributed by atoms with E-state index in [0.717, 1.165) is 0 Å². The lowest BCUT2D eigenvalue weighted by atomic mass is 10.1. The van der Waals surface area contributed by atoms with Crippen molar-refractivity contribution in [2.75, 3.05) is 5.32 Å². The molecule has 2 rings (SSSR count). The first-order chi connectivity index (χ1) is 8.06. The van der Waals surface area contributed by atoms with Crippen LogP contribution < -0.4 is 11.1 Å². The molecule has 0 unspecified atom stereocenters. The van der Waals surface area contributed by atoms with Crippen molar-refractivity contribution in [3.05, 3.63) is 41.8 Å². The molecular weight excluding hydrogens is 239 g/mol. The number of thiocarbonyl (C=S) groups is 1. The van der Waals surface area contributed by atoms with E-state index in [1.807, 2.05) is 7.05 Å². The summed E-state index contributed by atoms with van der Waals surface area (Å²) >= 11 is 4.88. The van der Waals surface area contributed by atoms with Crippen LogP contribution in [0.1, 0.15) is 5.56 Å². The molecule has 0 bridgehead atoms. The molecule has 1 aromatic heterocycles. The van der Waals surface area contributed by atoms with Gasteiger partial charge in [-0.2, -0.15) is 5.10 Å². The number of halogens is 1. The van der Waals surface area contributed by atoms with Gasteiger partial charge in [-0.3, -0.25) is 4.68 Å². The molecular formula is C11H11FN4S. The maximum absolute atomic E-state index is 13.1. The monoisotopic (exact) mass is 250 g/mol. The third kappa shape index (κ3) is 2.59. The van der Waals surface area contributed by atoms with Crippen molar-refractivity contribution < 1.29 is 4.39 Å². The summed E-state index contributed by atoms with van der Waals surface area (Å²) in [5, 5.41) is 7.19. The molecule has 0 atom stereocenters. The van der Waals surface area contributed by atoms with Gasteiger partial charge in [-0.15, -0.1) is 0 Å². The Hall–Kier alpha value is -1.95.